The fourth-order valence-corrected chi connectivity index (χ4v) is 5.23. The zero-order valence-electron chi connectivity index (χ0n) is 16.4. The number of ether oxygens (including phenoxy) is 1. The molecule has 1 aliphatic heterocycles. The first kappa shape index (κ1) is 16.5. The summed E-state index contributed by atoms with van der Waals surface area (Å²) in [6, 6.07) is 17.3. The first-order chi connectivity index (χ1) is 12.8. The molecule has 0 radical (unpaired) electrons. The quantitative estimate of drug-likeness (QED) is 0.311. The van der Waals surface area contributed by atoms with Gasteiger partial charge in [0.1, 0.15) is 18.3 Å². The maximum absolute atomic E-state index is 6.30. The summed E-state index contributed by atoms with van der Waals surface area (Å²) < 4.78 is 8.54. The van der Waals surface area contributed by atoms with Gasteiger partial charge in [0.05, 0.1) is 13.6 Å². The molecule has 0 amide bonds. The van der Waals surface area contributed by atoms with Crippen molar-refractivity contribution in [2.75, 3.05) is 0 Å². The number of nitrogens with zero attached hydrogens (tertiary/aromatic N) is 2. The fraction of sp³-hybridized carbons (Fsp3) is 0.217. The molecule has 5 rings (SSSR count). The summed E-state index contributed by atoms with van der Waals surface area (Å²) in [4.78, 5) is 4.96. The monoisotopic (exact) mass is 371 g/mol. The zero-order chi connectivity index (χ0) is 18.9. The Morgan fingerprint density at radius 2 is 1.81 bits per heavy atom. The van der Waals surface area contributed by atoms with Crippen LogP contribution in [0.2, 0.25) is 19.6 Å². The minimum Gasteiger partial charge on any atom is -0.433 e. The van der Waals surface area contributed by atoms with Crippen LogP contribution in [0.15, 0.2) is 48.5 Å². The van der Waals surface area contributed by atoms with Gasteiger partial charge >= 0.3 is 0 Å². The van der Waals surface area contributed by atoms with E-state index in [0.29, 0.717) is 5.88 Å². The maximum Gasteiger partial charge on any atom is 0.294 e. The zero-order valence-corrected chi connectivity index (χ0v) is 17.4. The standard InChI is InChI=1S/C23H23N2OSi/c1-14-9-10-15-7-6-8-19-21(15)20(14)22-23(26-19)24-17-13-16(27(3,4)5)11-12-18(17)25(22)2/h6-13H,1-5H3/q+1. The molecule has 0 unspecified atom stereocenters. The van der Waals surface area contributed by atoms with Crippen molar-refractivity contribution in [1.29, 1.82) is 0 Å². The van der Waals surface area contributed by atoms with Gasteiger partial charge in [0.15, 0.2) is 0 Å². The summed E-state index contributed by atoms with van der Waals surface area (Å²) in [7, 11) is 0.718. The lowest BCUT2D eigenvalue weighted by molar-refractivity contribution is -0.634. The molecule has 2 heterocycles. The summed E-state index contributed by atoms with van der Waals surface area (Å²) >= 11 is 0. The molecule has 0 N–H and O–H groups in total. The van der Waals surface area contributed by atoms with E-state index in [-0.39, 0.29) is 0 Å². The molecule has 0 saturated heterocycles. The average molecular weight is 372 g/mol. The lowest BCUT2D eigenvalue weighted by atomic mass is 9.94. The van der Waals surface area contributed by atoms with Crippen LogP contribution in [-0.4, -0.2) is 13.1 Å². The molecule has 3 aromatic carbocycles. The molecule has 0 bridgehead atoms. The van der Waals surface area contributed by atoms with Gasteiger partial charge in [-0.2, -0.15) is 4.57 Å². The Balaban J connectivity index is 1.89. The predicted molar refractivity (Wildman–Crippen MR) is 114 cm³/mol. The SMILES string of the molecule is Cc1ccc2cccc3c2c1-c1c(nc2cc([Si](C)(C)C)ccc2[n+]1C)O3. The number of aryl methyl sites for hydroxylation is 2. The number of hydrogen-bond donors (Lipinski definition) is 0. The average Bonchev–Trinajstić information content (AvgIpc) is 2.63. The minimum atomic E-state index is -1.40. The van der Waals surface area contributed by atoms with Gasteiger partial charge in [0, 0.05) is 11.5 Å². The molecule has 1 aliphatic rings. The normalized spacial score (nSPS) is 12.9. The van der Waals surface area contributed by atoms with Crippen molar-refractivity contribution in [3.8, 4) is 22.9 Å². The van der Waals surface area contributed by atoms with Crippen molar-refractivity contribution >= 4 is 35.1 Å². The molecule has 27 heavy (non-hydrogen) atoms. The van der Waals surface area contributed by atoms with Crippen LogP contribution in [0.1, 0.15) is 5.56 Å². The fourth-order valence-electron chi connectivity index (χ4n) is 4.08. The molecular weight excluding hydrogens is 348 g/mol. The minimum absolute atomic E-state index is 0.701. The van der Waals surface area contributed by atoms with E-state index in [1.807, 2.05) is 12.1 Å². The molecule has 0 spiro atoms. The van der Waals surface area contributed by atoms with Crippen LogP contribution in [0.3, 0.4) is 0 Å². The van der Waals surface area contributed by atoms with Gasteiger partial charge in [-0.05, 0) is 30.0 Å². The van der Waals surface area contributed by atoms with Crippen molar-refractivity contribution in [3.63, 3.8) is 0 Å². The highest BCUT2D eigenvalue weighted by molar-refractivity contribution is 6.88. The molecule has 4 aromatic rings. The third-order valence-electron chi connectivity index (χ3n) is 5.62. The molecule has 1 aromatic heterocycles. The summed E-state index contributed by atoms with van der Waals surface area (Å²) in [6.07, 6.45) is 0. The number of fused-ring (bicyclic) bond motifs is 3. The largest absolute Gasteiger partial charge is 0.433 e. The Hall–Kier alpha value is -2.72. The van der Waals surface area contributed by atoms with Crippen molar-refractivity contribution in [2.24, 2.45) is 7.05 Å². The van der Waals surface area contributed by atoms with Crippen LogP contribution in [0, 0.1) is 6.92 Å². The van der Waals surface area contributed by atoms with Crippen LogP contribution in [0.4, 0.5) is 0 Å². The second-order valence-corrected chi connectivity index (χ2v) is 13.6. The smallest absolute Gasteiger partial charge is 0.294 e. The van der Waals surface area contributed by atoms with E-state index in [2.05, 4.69) is 74.6 Å². The summed E-state index contributed by atoms with van der Waals surface area (Å²) in [6.45, 7) is 9.26. The Morgan fingerprint density at radius 1 is 1.00 bits per heavy atom. The molecule has 3 nitrogen and oxygen atoms in total. The molecule has 134 valence electrons. The van der Waals surface area contributed by atoms with Gasteiger partial charge < -0.3 is 4.74 Å². The lowest BCUT2D eigenvalue weighted by Gasteiger charge is -2.21. The van der Waals surface area contributed by atoms with Gasteiger partial charge in [0.2, 0.25) is 5.52 Å². The van der Waals surface area contributed by atoms with Gasteiger partial charge in [-0.3, -0.25) is 0 Å². The number of hydrogen-bond acceptors (Lipinski definition) is 2. The van der Waals surface area contributed by atoms with Crippen LogP contribution >= 0.6 is 0 Å². The third kappa shape index (κ3) is 2.33. The highest BCUT2D eigenvalue weighted by Gasteiger charge is 2.32. The molecule has 0 aliphatic carbocycles. The number of aromatic nitrogens is 2. The number of rotatable bonds is 1. The predicted octanol–water partition coefficient (Wildman–Crippen LogP) is 4.84. The first-order valence-corrected chi connectivity index (χ1v) is 12.9. The summed E-state index contributed by atoms with van der Waals surface area (Å²) in [5, 5.41) is 3.80. The van der Waals surface area contributed by atoms with Crippen LogP contribution in [0.25, 0.3) is 33.1 Å². The van der Waals surface area contributed by atoms with E-state index in [4.69, 9.17) is 9.72 Å². The Bertz CT molecular complexity index is 1260. The number of benzene rings is 3. The van der Waals surface area contributed by atoms with Gasteiger partial charge in [-0.25, -0.2) is 4.98 Å². The third-order valence-corrected chi connectivity index (χ3v) is 7.66. The van der Waals surface area contributed by atoms with E-state index in [0.717, 1.165) is 22.5 Å². The molecule has 0 saturated carbocycles. The highest BCUT2D eigenvalue weighted by Crippen LogP contribution is 2.45. The topological polar surface area (TPSA) is 26.0 Å². The van der Waals surface area contributed by atoms with Gasteiger partial charge in [0.25, 0.3) is 11.6 Å². The van der Waals surface area contributed by atoms with Crippen LogP contribution < -0.4 is 14.5 Å². The first-order valence-electron chi connectivity index (χ1n) is 9.39. The lowest BCUT2D eigenvalue weighted by Crippen LogP contribution is -2.39. The molecule has 0 fully saturated rings. The summed E-state index contributed by atoms with van der Waals surface area (Å²) in [5.41, 5.74) is 5.67. The Morgan fingerprint density at radius 3 is 2.59 bits per heavy atom. The maximum atomic E-state index is 6.30. The van der Waals surface area contributed by atoms with E-state index in [1.54, 1.807) is 0 Å². The van der Waals surface area contributed by atoms with Crippen molar-refractivity contribution < 1.29 is 9.30 Å². The molecule has 4 heteroatoms. The van der Waals surface area contributed by atoms with E-state index < -0.39 is 8.07 Å². The second-order valence-electron chi connectivity index (χ2n) is 8.49. The Labute approximate surface area is 160 Å². The van der Waals surface area contributed by atoms with Gasteiger partial charge in [-0.1, -0.05) is 55.2 Å². The second kappa shape index (κ2) is 5.39. The van der Waals surface area contributed by atoms with Crippen molar-refractivity contribution in [1.82, 2.24) is 4.98 Å². The van der Waals surface area contributed by atoms with Gasteiger partial charge in [-0.15, -0.1) is 0 Å². The summed E-state index contributed by atoms with van der Waals surface area (Å²) in [5.74, 6) is 1.60. The van der Waals surface area contributed by atoms with Crippen molar-refractivity contribution in [3.05, 3.63) is 54.1 Å². The van der Waals surface area contributed by atoms with Crippen LogP contribution in [0.5, 0.6) is 11.6 Å². The Kier molecular flexibility index (Phi) is 3.29. The van der Waals surface area contributed by atoms with Crippen molar-refractivity contribution in [2.45, 2.75) is 26.6 Å². The van der Waals surface area contributed by atoms with Crippen LogP contribution in [-0.2, 0) is 7.05 Å². The highest BCUT2D eigenvalue weighted by atomic mass is 28.3. The molecule has 0 atom stereocenters. The van der Waals surface area contributed by atoms with E-state index in [1.165, 1.54) is 27.1 Å². The van der Waals surface area contributed by atoms with E-state index >= 15 is 0 Å². The van der Waals surface area contributed by atoms with E-state index in [9.17, 15) is 0 Å². The molecular formula is C23H23N2OSi+.